The highest BCUT2D eigenvalue weighted by atomic mass is 16.6. The fourth-order valence-corrected chi connectivity index (χ4v) is 2.45. The number of unbranched alkanes of at least 4 members (excludes halogenated alkanes) is 3. The first kappa shape index (κ1) is 16.9. The van der Waals surface area contributed by atoms with E-state index in [9.17, 15) is 9.59 Å². The van der Waals surface area contributed by atoms with E-state index in [0.717, 1.165) is 24.8 Å². The lowest BCUT2D eigenvalue weighted by Gasteiger charge is -2.08. The van der Waals surface area contributed by atoms with Crippen LogP contribution in [0, 0.1) is 0 Å². The van der Waals surface area contributed by atoms with Gasteiger partial charge in [-0.3, -0.25) is 0 Å². The summed E-state index contributed by atoms with van der Waals surface area (Å²) in [7, 11) is 0. The second-order valence-corrected chi connectivity index (χ2v) is 5.51. The van der Waals surface area contributed by atoms with Crippen LogP contribution in [0.4, 0.5) is 0 Å². The Bertz CT molecular complexity index is 647. The zero-order valence-corrected chi connectivity index (χ0v) is 13.5. The number of carbonyl (C=O) groups is 2. The lowest BCUT2D eigenvalue weighted by molar-refractivity contribution is 0.0397. The van der Waals surface area contributed by atoms with Crippen LogP contribution in [0.15, 0.2) is 54.6 Å². The van der Waals surface area contributed by atoms with Gasteiger partial charge in [-0.2, -0.15) is 0 Å². The smallest absolute Gasteiger partial charge is 0.346 e. The zero-order valence-electron chi connectivity index (χ0n) is 13.5. The molecule has 0 aliphatic rings. The standard InChI is InChI=1S/C20H22O3/c1-2-3-4-6-11-16-12-9-10-15-18(16)20(22)23-19(21)17-13-7-5-8-14-17/h5,7-10,12-15H,2-4,6,11H2,1H3. The molecule has 3 heteroatoms. The van der Waals surface area contributed by atoms with E-state index < -0.39 is 11.9 Å². The summed E-state index contributed by atoms with van der Waals surface area (Å²) in [6.45, 7) is 2.17. The van der Waals surface area contributed by atoms with Crippen LogP contribution in [0.25, 0.3) is 0 Å². The third kappa shape index (κ3) is 5.06. The van der Waals surface area contributed by atoms with Crippen LogP contribution in [-0.4, -0.2) is 11.9 Å². The lowest BCUT2D eigenvalue weighted by atomic mass is 10.0. The van der Waals surface area contributed by atoms with Crippen molar-refractivity contribution in [3.63, 3.8) is 0 Å². The minimum atomic E-state index is -0.614. The van der Waals surface area contributed by atoms with E-state index in [0.29, 0.717) is 11.1 Å². The van der Waals surface area contributed by atoms with Crippen molar-refractivity contribution < 1.29 is 14.3 Å². The van der Waals surface area contributed by atoms with Gasteiger partial charge in [0.2, 0.25) is 0 Å². The third-order valence-electron chi connectivity index (χ3n) is 3.73. The molecule has 0 saturated carbocycles. The van der Waals surface area contributed by atoms with E-state index >= 15 is 0 Å². The Morgan fingerprint density at radius 3 is 2.26 bits per heavy atom. The Hall–Kier alpha value is -2.42. The molecule has 120 valence electrons. The largest absolute Gasteiger partial charge is 0.386 e. The van der Waals surface area contributed by atoms with Gasteiger partial charge in [-0.15, -0.1) is 0 Å². The summed E-state index contributed by atoms with van der Waals surface area (Å²) in [5.41, 5.74) is 1.80. The molecule has 0 aliphatic carbocycles. The fraction of sp³-hybridized carbons (Fsp3) is 0.300. The van der Waals surface area contributed by atoms with E-state index in [1.165, 1.54) is 12.8 Å². The first-order valence-electron chi connectivity index (χ1n) is 8.12. The van der Waals surface area contributed by atoms with E-state index in [1.54, 1.807) is 36.4 Å². The number of ether oxygens (including phenoxy) is 1. The van der Waals surface area contributed by atoms with Crippen molar-refractivity contribution in [3.8, 4) is 0 Å². The average molecular weight is 310 g/mol. The number of hydrogen-bond acceptors (Lipinski definition) is 3. The summed E-state index contributed by atoms with van der Waals surface area (Å²) in [6.07, 6.45) is 5.37. The molecule has 0 spiro atoms. The molecule has 0 N–H and O–H groups in total. The molecule has 0 bridgehead atoms. The summed E-state index contributed by atoms with van der Waals surface area (Å²) in [6, 6.07) is 15.9. The van der Waals surface area contributed by atoms with Gasteiger partial charge in [0.05, 0.1) is 11.1 Å². The molecule has 0 fully saturated rings. The van der Waals surface area contributed by atoms with Crippen LogP contribution >= 0.6 is 0 Å². The van der Waals surface area contributed by atoms with Crippen molar-refractivity contribution in [3.05, 3.63) is 71.3 Å². The van der Waals surface area contributed by atoms with Gasteiger partial charge in [0.25, 0.3) is 0 Å². The van der Waals surface area contributed by atoms with Gasteiger partial charge >= 0.3 is 11.9 Å². The summed E-state index contributed by atoms with van der Waals surface area (Å²) in [5.74, 6) is -1.19. The molecule has 0 amide bonds. The first-order chi connectivity index (χ1) is 11.2. The van der Waals surface area contributed by atoms with Crippen molar-refractivity contribution in [2.75, 3.05) is 0 Å². The van der Waals surface area contributed by atoms with Gasteiger partial charge in [0, 0.05) is 0 Å². The number of benzene rings is 2. The predicted octanol–water partition coefficient (Wildman–Crippen LogP) is 4.81. The highest BCUT2D eigenvalue weighted by Gasteiger charge is 2.17. The Balaban J connectivity index is 2.03. The lowest BCUT2D eigenvalue weighted by Crippen LogP contribution is -2.14. The molecule has 0 atom stereocenters. The van der Waals surface area contributed by atoms with Crippen molar-refractivity contribution in [1.29, 1.82) is 0 Å². The molecule has 2 rings (SSSR count). The predicted molar refractivity (Wildman–Crippen MR) is 90.5 cm³/mol. The number of rotatable bonds is 7. The minimum Gasteiger partial charge on any atom is -0.386 e. The topological polar surface area (TPSA) is 43.4 Å². The summed E-state index contributed by atoms with van der Waals surface area (Å²) in [5, 5.41) is 0. The molecule has 23 heavy (non-hydrogen) atoms. The highest BCUT2D eigenvalue weighted by molar-refractivity contribution is 6.03. The molecule has 0 unspecified atom stereocenters. The Morgan fingerprint density at radius 1 is 0.826 bits per heavy atom. The monoisotopic (exact) mass is 310 g/mol. The normalized spacial score (nSPS) is 10.3. The van der Waals surface area contributed by atoms with Gasteiger partial charge in [0.1, 0.15) is 0 Å². The number of carbonyl (C=O) groups excluding carboxylic acids is 2. The van der Waals surface area contributed by atoms with E-state index in [4.69, 9.17) is 4.74 Å². The molecule has 0 saturated heterocycles. The van der Waals surface area contributed by atoms with Gasteiger partial charge < -0.3 is 4.74 Å². The van der Waals surface area contributed by atoms with Crippen molar-refractivity contribution in [1.82, 2.24) is 0 Å². The Morgan fingerprint density at radius 2 is 1.52 bits per heavy atom. The fourth-order valence-electron chi connectivity index (χ4n) is 2.45. The Kier molecular flexibility index (Phi) is 6.55. The minimum absolute atomic E-state index is 0.376. The van der Waals surface area contributed by atoms with Crippen molar-refractivity contribution in [2.45, 2.75) is 39.0 Å². The Labute approximate surface area is 137 Å². The van der Waals surface area contributed by atoms with Gasteiger partial charge in [-0.1, -0.05) is 62.6 Å². The maximum atomic E-state index is 12.3. The molecule has 2 aromatic carbocycles. The maximum Gasteiger partial charge on any atom is 0.346 e. The second kappa shape index (κ2) is 8.89. The van der Waals surface area contributed by atoms with E-state index in [-0.39, 0.29) is 0 Å². The summed E-state index contributed by atoms with van der Waals surface area (Å²) in [4.78, 5) is 24.3. The molecule has 0 radical (unpaired) electrons. The molecule has 0 aliphatic heterocycles. The first-order valence-corrected chi connectivity index (χ1v) is 8.12. The molecule has 0 heterocycles. The van der Waals surface area contributed by atoms with Crippen LogP contribution in [0.2, 0.25) is 0 Å². The number of esters is 2. The van der Waals surface area contributed by atoms with Crippen molar-refractivity contribution in [2.24, 2.45) is 0 Å². The van der Waals surface area contributed by atoms with Gasteiger partial charge in [0.15, 0.2) is 0 Å². The van der Waals surface area contributed by atoms with Crippen molar-refractivity contribution >= 4 is 11.9 Å². The molecular weight excluding hydrogens is 288 g/mol. The van der Waals surface area contributed by atoms with E-state index in [1.807, 2.05) is 18.2 Å². The van der Waals surface area contributed by atoms with Crippen LogP contribution < -0.4 is 0 Å². The molecule has 2 aromatic rings. The SMILES string of the molecule is CCCCCCc1ccccc1C(=O)OC(=O)c1ccccc1. The van der Waals surface area contributed by atoms with Crippen LogP contribution in [0.5, 0.6) is 0 Å². The van der Waals surface area contributed by atoms with Gasteiger partial charge in [-0.05, 0) is 36.6 Å². The maximum absolute atomic E-state index is 12.3. The van der Waals surface area contributed by atoms with Crippen LogP contribution in [0.3, 0.4) is 0 Å². The summed E-state index contributed by atoms with van der Waals surface area (Å²) < 4.78 is 5.01. The second-order valence-electron chi connectivity index (χ2n) is 5.51. The van der Waals surface area contributed by atoms with E-state index in [2.05, 4.69) is 6.92 Å². The average Bonchev–Trinajstić information content (AvgIpc) is 2.59. The number of aryl methyl sites for hydroxylation is 1. The van der Waals surface area contributed by atoms with Crippen LogP contribution in [0.1, 0.15) is 58.9 Å². The zero-order chi connectivity index (χ0) is 16.5. The molecule has 0 aromatic heterocycles. The molecular formula is C20H22O3. The highest BCUT2D eigenvalue weighted by Crippen LogP contribution is 2.15. The molecule has 3 nitrogen and oxygen atoms in total. The number of hydrogen-bond donors (Lipinski definition) is 0. The summed E-state index contributed by atoms with van der Waals surface area (Å²) >= 11 is 0. The quantitative estimate of drug-likeness (QED) is 0.419. The van der Waals surface area contributed by atoms with Crippen LogP contribution in [-0.2, 0) is 11.2 Å². The van der Waals surface area contributed by atoms with Gasteiger partial charge in [-0.25, -0.2) is 9.59 Å². The third-order valence-corrected chi connectivity index (χ3v) is 3.73.